The summed E-state index contributed by atoms with van der Waals surface area (Å²) in [6.07, 6.45) is -12.6. The van der Waals surface area contributed by atoms with Gasteiger partial charge >= 0.3 is 12.4 Å². The molecule has 0 saturated heterocycles. The van der Waals surface area contributed by atoms with E-state index in [1.807, 2.05) is 0 Å². The van der Waals surface area contributed by atoms with Crippen LogP contribution in [0, 0.1) is 0 Å². The molecule has 0 N–H and O–H groups in total. The molecule has 0 aliphatic heterocycles. The molecule has 0 rings (SSSR count). The fourth-order valence-electron chi connectivity index (χ4n) is 0.321. The normalized spacial score (nSPS) is 15.1. The van der Waals surface area contributed by atoms with E-state index >= 15 is 0 Å². The van der Waals surface area contributed by atoms with Gasteiger partial charge in [-0.1, -0.05) is 0 Å². The molecule has 0 aliphatic carbocycles. The first-order chi connectivity index (χ1) is 5.13. The number of alkyl halides is 6. The minimum Gasteiger partial charge on any atom is -0.202 e. The smallest absolute Gasteiger partial charge is 0.202 e. The van der Waals surface area contributed by atoms with E-state index in [2.05, 4.69) is 0 Å². The van der Waals surface area contributed by atoms with Crippen molar-refractivity contribution in [2.75, 3.05) is 0 Å². The zero-order chi connectivity index (χ0) is 9.99. The van der Waals surface area contributed by atoms with Crippen molar-refractivity contribution in [2.24, 2.45) is 0 Å². The maximum Gasteiger partial charge on any atom is 0.442 e. The first-order valence-corrected chi connectivity index (χ1v) is 2.62. The lowest BCUT2D eigenvalue weighted by atomic mass is 10.3. The van der Waals surface area contributed by atoms with Crippen LogP contribution in [0.5, 0.6) is 0 Å². The van der Waals surface area contributed by atoms with E-state index in [1.54, 1.807) is 0 Å². The Kier molecular flexibility index (Phi) is 3.11. The lowest BCUT2D eigenvalue weighted by Gasteiger charge is -2.04. The number of hydrogen-bond donors (Lipinski definition) is 0. The maximum atomic E-state index is 11.7. The zero-order valence-corrected chi connectivity index (χ0v) is 5.43. The third-order valence-corrected chi connectivity index (χ3v) is 0.784. The van der Waals surface area contributed by atoms with Gasteiger partial charge in [0, 0.05) is 0 Å². The van der Waals surface area contributed by atoms with Crippen molar-refractivity contribution in [2.45, 2.75) is 18.8 Å². The first kappa shape index (κ1) is 11.2. The highest BCUT2D eigenvalue weighted by Gasteiger charge is 2.36. The first-order valence-electron chi connectivity index (χ1n) is 2.62. The van der Waals surface area contributed by atoms with Crippen LogP contribution in [0.3, 0.4) is 0 Å². The van der Waals surface area contributed by atoms with Crippen LogP contribution in [0.25, 0.3) is 0 Å². The molecule has 72 valence electrons. The SMILES string of the molecule is FC(=CCC(F)(F)F)C(F)(F)F. The van der Waals surface area contributed by atoms with Gasteiger partial charge in [0.15, 0.2) is 5.83 Å². The molecule has 0 heterocycles. The van der Waals surface area contributed by atoms with Crippen LogP contribution in [-0.4, -0.2) is 12.4 Å². The molecule has 0 aliphatic rings. The molecular formula is C5H3F7. The summed E-state index contributed by atoms with van der Waals surface area (Å²) in [6.45, 7) is 0. The van der Waals surface area contributed by atoms with Gasteiger partial charge in [-0.25, -0.2) is 4.39 Å². The molecule has 0 aromatic rings. The Hall–Kier alpha value is -0.750. The van der Waals surface area contributed by atoms with Gasteiger partial charge in [-0.05, 0) is 6.08 Å². The molecule has 0 spiro atoms. The van der Waals surface area contributed by atoms with Crippen molar-refractivity contribution in [1.82, 2.24) is 0 Å². The van der Waals surface area contributed by atoms with E-state index in [-0.39, 0.29) is 0 Å². The predicted octanol–water partition coefficient (Wildman–Crippen LogP) is 3.35. The average molecular weight is 196 g/mol. The lowest BCUT2D eigenvalue weighted by Crippen LogP contribution is -2.10. The average Bonchev–Trinajstić information content (AvgIpc) is 1.78. The molecule has 0 saturated carbocycles. The number of halogens is 7. The topological polar surface area (TPSA) is 0 Å². The summed E-state index contributed by atoms with van der Waals surface area (Å²) in [5, 5.41) is 0. The fraction of sp³-hybridized carbons (Fsp3) is 0.600. The largest absolute Gasteiger partial charge is 0.442 e. The summed E-state index contributed by atoms with van der Waals surface area (Å²) in [4.78, 5) is 0. The van der Waals surface area contributed by atoms with Crippen molar-refractivity contribution >= 4 is 0 Å². The van der Waals surface area contributed by atoms with Gasteiger partial charge in [0.2, 0.25) is 0 Å². The third-order valence-electron chi connectivity index (χ3n) is 0.784. The molecule has 0 bridgehead atoms. The molecule has 12 heavy (non-hydrogen) atoms. The summed E-state index contributed by atoms with van der Waals surface area (Å²) in [7, 11) is 0. The Labute approximate surface area is 62.7 Å². The highest BCUT2D eigenvalue weighted by molar-refractivity contribution is 4.99. The highest BCUT2D eigenvalue weighted by Crippen LogP contribution is 2.29. The standard InChI is InChI=1S/C5H3F7/c6-3(5(10,11)12)1-2-4(7,8)9/h1H,2H2. The van der Waals surface area contributed by atoms with E-state index in [0.717, 1.165) is 0 Å². The monoisotopic (exact) mass is 196 g/mol. The van der Waals surface area contributed by atoms with E-state index in [1.165, 1.54) is 0 Å². The predicted molar refractivity (Wildman–Crippen MR) is 25.9 cm³/mol. The fourth-order valence-corrected chi connectivity index (χ4v) is 0.321. The molecule has 0 amide bonds. The molecule has 0 nitrogen and oxygen atoms in total. The molecule has 0 fully saturated rings. The van der Waals surface area contributed by atoms with Gasteiger partial charge < -0.3 is 0 Å². The van der Waals surface area contributed by atoms with Crippen LogP contribution < -0.4 is 0 Å². The summed E-state index contributed by atoms with van der Waals surface area (Å²) < 4.78 is 79.0. The minimum absolute atomic E-state index is 0.542. The summed E-state index contributed by atoms with van der Waals surface area (Å²) >= 11 is 0. The maximum absolute atomic E-state index is 11.7. The second-order valence-corrected chi connectivity index (χ2v) is 1.87. The van der Waals surface area contributed by atoms with E-state index in [9.17, 15) is 30.7 Å². The Morgan fingerprint density at radius 2 is 1.42 bits per heavy atom. The minimum atomic E-state index is -5.33. The lowest BCUT2D eigenvalue weighted by molar-refractivity contribution is -0.129. The van der Waals surface area contributed by atoms with Gasteiger partial charge in [0.1, 0.15) is 0 Å². The van der Waals surface area contributed by atoms with Crippen LogP contribution in [0.15, 0.2) is 11.9 Å². The molecule has 7 heteroatoms. The highest BCUT2D eigenvalue weighted by atomic mass is 19.4. The van der Waals surface area contributed by atoms with E-state index in [0.29, 0.717) is 0 Å². The van der Waals surface area contributed by atoms with Gasteiger partial charge in [0.05, 0.1) is 6.42 Å². The summed E-state index contributed by atoms with van der Waals surface area (Å²) in [6, 6.07) is 0. The molecule has 0 aromatic carbocycles. The molecule has 0 unspecified atom stereocenters. The Bertz CT molecular complexity index is 171. The van der Waals surface area contributed by atoms with Crippen molar-refractivity contribution in [1.29, 1.82) is 0 Å². The van der Waals surface area contributed by atoms with Crippen molar-refractivity contribution in [3.63, 3.8) is 0 Å². The molecule has 0 atom stereocenters. The Morgan fingerprint density at radius 3 is 1.67 bits per heavy atom. The summed E-state index contributed by atoms with van der Waals surface area (Å²) in [5.41, 5.74) is 0. The van der Waals surface area contributed by atoms with Crippen LogP contribution >= 0.6 is 0 Å². The molecular weight excluding hydrogens is 193 g/mol. The number of allylic oxidation sites excluding steroid dienone is 2. The van der Waals surface area contributed by atoms with Gasteiger partial charge in [-0.3, -0.25) is 0 Å². The molecule has 0 radical (unpaired) electrons. The third kappa shape index (κ3) is 4.97. The Balaban J connectivity index is 4.21. The van der Waals surface area contributed by atoms with Crippen molar-refractivity contribution in [3.05, 3.63) is 11.9 Å². The van der Waals surface area contributed by atoms with Gasteiger partial charge in [-0.2, -0.15) is 26.3 Å². The van der Waals surface area contributed by atoms with Crippen molar-refractivity contribution < 1.29 is 30.7 Å². The number of hydrogen-bond acceptors (Lipinski definition) is 0. The number of rotatable bonds is 1. The van der Waals surface area contributed by atoms with Crippen LogP contribution in [0.2, 0.25) is 0 Å². The van der Waals surface area contributed by atoms with E-state index < -0.39 is 30.7 Å². The van der Waals surface area contributed by atoms with E-state index in [4.69, 9.17) is 0 Å². The molecule has 0 aromatic heterocycles. The van der Waals surface area contributed by atoms with Crippen molar-refractivity contribution in [3.8, 4) is 0 Å². The van der Waals surface area contributed by atoms with Crippen LogP contribution in [0.1, 0.15) is 6.42 Å². The second-order valence-electron chi connectivity index (χ2n) is 1.87. The van der Waals surface area contributed by atoms with Crippen LogP contribution in [-0.2, 0) is 0 Å². The Morgan fingerprint density at radius 1 is 1.00 bits per heavy atom. The van der Waals surface area contributed by atoms with Gasteiger partial charge in [-0.15, -0.1) is 0 Å². The second kappa shape index (κ2) is 3.32. The quantitative estimate of drug-likeness (QED) is 0.564. The zero-order valence-electron chi connectivity index (χ0n) is 5.43. The van der Waals surface area contributed by atoms with Crippen LogP contribution in [0.4, 0.5) is 30.7 Å². The summed E-state index contributed by atoms with van der Waals surface area (Å²) in [5.74, 6) is -2.72. The van der Waals surface area contributed by atoms with Gasteiger partial charge in [0.25, 0.3) is 0 Å².